The standard InChI is InChI=1S/C17H25ClN6O/c1-13-22-23-16(24(13)2)12-21-17(19-9-6-10-25-3)20-11-14-7-4-5-8-15(14)18/h4-5,7-8H,6,9-12H2,1-3H3,(H2,19,20,21). The number of hydrogen-bond acceptors (Lipinski definition) is 4. The highest BCUT2D eigenvalue weighted by Gasteiger charge is 2.06. The zero-order chi connectivity index (χ0) is 18.1. The first kappa shape index (κ1) is 19.2. The molecular formula is C17H25ClN6O. The molecule has 0 saturated heterocycles. The maximum Gasteiger partial charge on any atom is 0.191 e. The minimum absolute atomic E-state index is 0.497. The van der Waals surface area contributed by atoms with Gasteiger partial charge in [-0.2, -0.15) is 0 Å². The number of halogens is 1. The summed E-state index contributed by atoms with van der Waals surface area (Å²) >= 11 is 6.20. The highest BCUT2D eigenvalue weighted by atomic mass is 35.5. The number of rotatable bonds is 8. The van der Waals surface area contributed by atoms with Crippen LogP contribution in [0.2, 0.25) is 5.02 Å². The molecule has 1 aromatic heterocycles. The number of benzene rings is 1. The van der Waals surface area contributed by atoms with E-state index in [1.165, 1.54) is 0 Å². The molecule has 0 saturated carbocycles. The number of aryl methyl sites for hydroxylation is 1. The Kier molecular flexibility index (Phi) is 7.69. The van der Waals surface area contributed by atoms with Crippen molar-refractivity contribution in [2.75, 3.05) is 20.3 Å². The molecule has 2 N–H and O–H groups in total. The van der Waals surface area contributed by atoms with Crippen LogP contribution in [0.25, 0.3) is 0 Å². The second-order valence-electron chi connectivity index (χ2n) is 5.61. The van der Waals surface area contributed by atoms with E-state index in [0.29, 0.717) is 30.7 Å². The fourth-order valence-electron chi connectivity index (χ4n) is 2.16. The van der Waals surface area contributed by atoms with Gasteiger partial charge in [-0.1, -0.05) is 29.8 Å². The molecule has 0 spiro atoms. The van der Waals surface area contributed by atoms with E-state index in [-0.39, 0.29) is 0 Å². The first-order chi connectivity index (χ1) is 12.1. The van der Waals surface area contributed by atoms with Gasteiger partial charge < -0.3 is 19.9 Å². The van der Waals surface area contributed by atoms with Gasteiger partial charge in [-0.3, -0.25) is 0 Å². The van der Waals surface area contributed by atoms with E-state index >= 15 is 0 Å². The number of nitrogens with zero attached hydrogens (tertiary/aromatic N) is 4. The van der Waals surface area contributed by atoms with Gasteiger partial charge in [0.05, 0.1) is 13.1 Å². The molecule has 0 aliphatic rings. The number of hydrogen-bond donors (Lipinski definition) is 2. The van der Waals surface area contributed by atoms with Gasteiger partial charge in [0.2, 0.25) is 0 Å². The third-order valence-electron chi connectivity index (χ3n) is 3.78. The van der Waals surface area contributed by atoms with Crippen LogP contribution in [-0.4, -0.2) is 41.0 Å². The number of guanidine groups is 1. The fraction of sp³-hybridized carbons (Fsp3) is 0.471. The molecule has 7 nitrogen and oxygen atoms in total. The number of methoxy groups -OCH3 is 1. The summed E-state index contributed by atoms with van der Waals surface area (Å²) in [6.07, 6.45) is 0.895. The zero-order valence-corrected chi connectivity index (χ0v) is 15.7. The van der Waals surface area contributed by atoms with Crippen molar-refractivity contribution in [2.24, 2.45) is 12.0 Å². The van der Waals surface area contributed by atoms with Gasteiger partial charge in [-0.25, -0.2) is 4.99 Å². The molecule has 0 aliphatic carbocycles. The van der Waals surface area contributed by atoms with Gasteiger partial charge in [-0.15, -0.1) is 10.2 Å². The van der Waals surface area contributed by atoms with Gasteiger partial charge in [0, 0.05) is 32.3 Å². The van der Waals surface area contributed by atoms with Crippen LogP contribution in [0.3, 0.4) is 0 Å². The average Bonchev–Trinajstić information content (AvgIpc) is 2.93. The van der Waals surface area contributed by atoms with Crippen LogP contribution < -0.4 is 10.6 Å². The summed E-state index contributed by atoms with van der Waals surface area (Å²) in [7, 11) is 3.64. The Morgan fingerprint density at radius 3 is 2.76 bits per heavy atom. The van der Waals surface area contributed by atoms with Crippen LogP contribution in [0, 0.1) is 6.92 Å². The van der Waals surface area contributed by atoms with Crippen molar-refractivity contribution in [3.8, 4) is 0 Å². The van der Waals surface area contributed by atoms with Gasteiger partial charge >= 0.3 is 0 Å². The summed E-state index contributed by atoms with van der Waals surface area (Å²) in [4.78, 5) is 4.62. The zero-order valence-electron chi connectivity index (χ0n) is 14.9. The van der Waals surface area contributed by atoms with E-state index in [9.17, 15) is 0 Å². The molecular weight excluding hydrogens is 340 g/mol. The Bertz CT molecular complexity index is 700. The van der Waals surface area contributed by atoms with Gasteiger partial charge in [0.1, 0.15) is 5.82 Å². The topological polar surface area (TPSA) is 76.4 Å². The quantitative estimate of drug-likeness (QED) is 0.426. The van der Waals surface area contributed by atoms with Crippen LogP contribution >= 0.6 is 11.6 Å². The molecule has 0 amide bonds. The summed E-state index contributed by atoms with van der Waals surface area (Å²) in [5, 5.41) is 15.5. The summed E-state index contributed by atoms with van der Waals surface area (Å²) < 4.78 is 7.03. The second kappa shape index (κ2) is 10.0. The molecule has 25 heavy (non-hydrogen) atoms. The van der Waals surface area contributed by atoms with Crippen molar-refractivity contribution in [2.45, 2.75) is 26.4 Å². The molecule has 0 atom stereocenters. The Morgan fingerprint density at radius 1 is 1.28 bits per heavy atom. The lowest BCUT2D eigenvalue weighted by Gasteiger charge is -2.12. The highest BCUT2D eigenvalue weighted by molar-refractivity contribution is 6.31. The Balaban J connectivity index is 1.99. The van der Waals surface area contributed by atoms with E-state index in [2.05, 4.69) is 25.8 Å². The van der Waals surface area contributed by atoms with Crippen molar-refractivity contribution >= 4 is 17.6 Å². The summed E-state index contributed by atoms with van der Waals surface area (Å²) in [5.74, 6) is 2.43. The number of aliphatic imine (C=N–C) groups is 1. The molecule has 1 aromatic carbocycles. The number of nitrogens with one attached hydrogen (secondary N) is 2. The van der Waals surface area contributed by atoms with E-state index in [1.54, 1.807) is 7.11 Å². The molecule has 0 unspecified atom stereocenters. The molecule has 0 aliphatic heterocycles. The normalized spacial score (nSPS) is 11.6. The smallest absolute Gasteiger partial charge is 0.191 e. The van der Waals surface area contributed by atoms with Crippen LogP contribution in [0.1, 0.15) is 23.6 Å². The number of ether oxygens (including phenoxy) is 1. The van der Waals surface area contributed by atoms with E-state index in [4.69, 9.17) is 16.3 Å². The van der Waals surface area contributed by atoms with Crippen molar-refractivity contribution in [1.82, 2.24) is 25.4 Å². The lowest BCUT2D eigenvalue weighted by molar-refractivity contribution is 0.195. The van der Waals surface area contributed by atoms with Crippen LogP contribution in [0.15, 0.2) is 29.3 Å². The lowest BCUT2D eigenvalue weighted by Crippen LogP contribution is -2.38. The van der Waals surface area contributed by atoms with Gasteiger partial charge in [0.25, 0.3) is 0 Å². The van der Waals surface area contributed by atoms with Gasteiger partial charge in [0.15, 0.2) is 11.8 Å². The molecule has 0 radical (unpaired) electrons. The predicted octanol–water partition coefficient (Wildman–Crippen LogP) is 2.05. The summed E-state index contributed by atoms with van der Waals surface area (Å²) in [6.45, 7) is 4.42. The summed E-state index contributed by atoms with van der Waals surface area (Å²) in [6, 6.07) is 7.71. The molecule has 1 heterocycles. The SMILES string of the molecule is COCCCNC(=NCc1ccccc1Cl)NCc1nnc(C)n1C. The Labute approximate surface area is 153 Å². The maximum atomic E-state index is 6.20. The van der Waals surface area contributed by atoms with E-state index < -0.39 is 0 Å². The first-order valence-electron chi connectivity index (χ1n) is 8.21. The Hall–Kier alpha value is -2.12. The lowest BCUT2D eigenvalue weighted by atomic mass is 10.2. The minimum Gasteiger partial charge on any atom is -0.385 e. The van der Waals surface area contributed by atoms with Crippen LogP contribution in [0.4, 0.5) is 0 Å². The average molecular weight is 365 g/mol. The molecule has 136 valence electrons. The molecule has 8 heteroatoms. The van der Waals surface area contributed by atoms with E-state index in [0.717, 1.165) is 30.2 Å². The molecule has 2 aromatic rings. The highest BCUT2D eigenvalue weighted by Crippen LogP contribution is 2.15. The van der Waals surface area contributed by atoms with Crippen molar-refractivity contribution in [3.05, 3.63) is 46.5 Å². The van der Waals surface area contributed by atoms with Crippen molar-refractivity contribution < 1.29 is 4.74 Å². The summed E-state index contributed by atoms with van der Waals surface area (Å²) in [5.41, 5.74) is 0.983. The fourth-order valence-corrected chi connectivity index (χ4v) is 2.35. The van der Waals surface area contributed by atoms with Crippen LogP contribution in [-0.2, 0) is 24.9 Å². The maximum absolute atomic E-state index is 6.20. The van der Waals surface area contributed by atoms with Gasteiger partial charge in [-0.05, 0) is 25.0 Å². The van der Waals surface area contributed by atoms with Crippen molar-refractivity contribution in [1.29, 1.82) is 0 Å². The predicted molar refractivity (Wildman–Crippen MR) is 99.7 cm³/mol. The minimum atomic E-state index is 0.497. The molecule has 0 fully saturated rings. The third kappa shape index (κ3) is 6.03. The first-order valence-corrected chi connectivity index (χ1v) is 8.59. The third-order valence-corrected chi connectivity index (χ3v) is 4.15. The second-order valence-corrected chi connectivity index (χ2v) is 6.01. The van der Waals surface area contributed by atoms with Crippen molar-refractivity contribution in [3.63, 3.8) is 0 Å². The monoisotopic (exact) mass is 364 g/mol. The Morgan fingerprint density at radius 2 is 2.08 bits per heavy atom. The van der Waals surface area contributed by atoms with Crippen LogP contribution in [0.5, 0.6) is 0 Å². The van der Waals surface area contributed by atoms with E-state index in [1.807, 2.05) is 42.8 Å². The number of aromatic nitrogens is 3. The molecule has 2 rings (SSSR count). The largest absolute Gasteiger partial charge is 0.385 e. The molecule has 0 bridgehead atoms.